The molecule has 12 heavy (non-hydrogen) atoms. The summed E-state index contributed by atoms with van der Waals surface area (Å²) >= 11 is 0. The van der Waals surface area contributed by atoms with Gasteiger partial charge in [0.25, 0.3) is 0 Å². The smallest absolute Gasteiger partial charge is 0.226 e. The van der Waals surface area contributed by atoms with E-state index in [0.717, 1.165) is 19.6 Å². The molecule has 0 aromatic rings. The SMILES string of the molecule is CC1C(=O)N2CCNCC2C1C. The van der Waals surface area contributed by atoms with Crippen molar-refractivity contribution in [1.29, 1.82) is 0 Å². The minimum Gasteiger partial charge on any atom is -0.337 e. The average molecular weight is 168 g/mol. The van der Waals surface area contributed by atoms with E-state index in [-0.39, 0.29) is 5.92 Å². The number of rotatable bonds is 0. The molecular formula is C9H16N2O. The number of hydrogen-bond acceptors (Lipinski definition) is 2. The molecule has 2 aliphatic heterocycles. The normalized spacial score (nSPS) is 41.7. The van der Waals surface area contributed by atoms with E-state index < -0.39 is 0 Å². The van der Waals surface area contributed by atoms with Crippen LogP contribution >= 0.6 is 0 Å². The molecule has 2 heterocycles. The molecule has 0 aromatic carbocycles. The molecule has 0 aromatic heterocycles. The van der Waals surface area contributed by atoms with Gasteiger partial charge >= 0.3 is 0 Å². The van der Waals surface area contributed by atoms with Gasteiger partial charge in [-0.2, -0.15) is 0 Å². The Bertz CT molecular complexity index is 205. The van der Waals surface area contributed by atoms with Crippen molar-refractivity contribution in [3.8, 4) is 0 Å². The topological polar surface area (TPSA) is 32.3 Å². The maximum Gasteiger partial charge on any atom is 0.226 e. The monoisotopic (exact) mass is 168 g/mol. The van der Waals surface area contributed by atoms with Gasteiger partial charge < -0.3 is 10.2 Å². The van der Waals surface area contributed by atoms with Gasteiger partial charge in [0.05, 0.1) is 0 Å². The van der Waals surface area contributed by atoms with Crippen LogP contribution in [0.2, 0.25) is 0 Å². The fraction of sp³-hybridized carbons (Fsp3) is 0.889. The van der Waals surface area contributed by atoms with E-state index in [1.54, 1.807) is 0 Å². The molecule has 3 unspecified atom stereocenters. The van der Waals surface area contributed by atoms with Gasteiger partial charge in [0, 0.05) is 31.6 Å². The summed E-state index contributed by atoms with van der Waals surface area (Å²) in [6.07, 6.45) is 0. The molecule has 1 amide bonds. The average Bonchev–Trinajstić information content (AvgIpc) is 2.33. The minimum absolute atomic E-state index is 0.231. The molecule has 0 radical (unpaired) electrons. The molecule has 1 N–H and O–H groups in total. The maximum absolute atomic E-state index is 11.6. The van der Waals surface area contributed by atoms with E-state index in [1.807, 2.05) is 11.8 Å². The van der Waals surface area contributed by atoms with Gasteiger partial charge in [-0.3, -0.25) is 4.79 Å². The molecule has 68 valence electrons. The first-order valence-electron chi connectivity index (χ1n) is 4.73. The predicted molar refractivity (Wildman–Crippen MR) is 46.7 cm³/mol. The molecule has 0 saturated carbocycles. The number of carbonyl (C=O) groups is 1. The van der Waals surface area contributed by atoms with Gasteiger partial charge in [-0.1, -0.05) is 13.8 Å². The molecule has 0 bridgehead atoms. The van der Waals surface area contributed by atoms with Gasteiger partial charge in [0.15, 0.2) is 0 Å². The Balaban J connectivity index is 2.19. The first kappa shape index (κ1) is 8.05. The third-order valence-electron chi connectivity index (χ3n) is 3.35. The molecule has 3 nitrogen and oxygen atoms in total. The van der Waals surface area contributed by atoms with Crippen LogP contribution in [0, 0.1) is 11.8 Å². The van der Waals surface area contributed by atoms with Crippen LogP contribution < -0.4 is 5.32 Å². The Morgan fingerprint density at radius 2 is 2.25 bits per heavy atom. The Morgan fingerprint density at radius 1 is 1.50 bits per heavy atom. The fourth-order valence-corrected chi connectivity index (χ4v) is 2.29. The van der Waals surface area contributed by atoms with Crippen LogP contribution in [0.15, 0.2) is 0 Å². The zero-order chi connectivity index (χ0) is 8.72. The molecule has 2 aliphatic rings. The number of nitrogens with one attached hydrogen (secondary N) is 1. The highest BCUT2D eigenvalue weighted by molar-refractivity contribution is 5.81. The van der Waals surface area contributed by atoms with Crippen LogP contribution in [0.3, 0.4) is 0 Å². The van der Waals surface area contributed by atoms with Crippen LogP contribution in [0.1, 0.15) is 13.8 Å². The molecule has 3 heteroatoms. The van der Waals surface area contributed by atoms with E-state index in [0.29, 0.717) is 17.9 Å². The zero-order valence-electron chi connectivity index (χ0n) is 7.71. The van der Waals surface area contributed by atoms with Gasteiger partial charge in [-0.15, -0.1) is 0 Å². The highest BCUT2D eigenvalue weighted by Gasteiger charge is 2.43. The Kier molecular flexibility index (Phi) is 1.83. The summed E-state index contributed by atoms with van der Waals surface area (Å²) in [5, 5.41) is 3.33. The summed E-state index contributed by atoms with van der Waals surface area (Å²) in [6.45, 7) is 7.07. The minimum atomic E-state index is 0.231. The maximum atomic E-state index is 11.6. The lowest BCUT2D eigenvalue weighted by molar-refractivity contribution is -0.132. The van der Waals surface area contributed by atoms with Gasteiger partial charge in [-0.05, 0) is 5.92 Å². The lowest BCUT2D eigenvalue weighted by atomic mass is 9.93. The van der Waals surface area contributed by atoms with Crippen molar-refractivity contribution in [2.45, 2.75) is 19.9 Å². The molecular weight excluding hydrogens is 152 g/mol. The molecule has 2 saturated heterocycles. The number of piperazine rings is 1. The Morgan fingerprint density at radius 3 is 2.92 bits per heavy atom. The lowest BCUT2D eigenvalue weighted by Gasteiger charge is -2.32. The van der Waals surface area contributed by atoms with Crippen LogP contribution in [0.4, 0.5) is 0 Å². The van der Waals surface area contributed by atoms with E-state index in [9.17, 15) is 4.79 Å². The molecule has 0 spiro atoms. The second kappa shape index (κ2) is 2.73. The number of nitrogens with zero attached hydrogens (tertiary/aromatic N) is 1. The summed E-state index contributed by atoms with van der Waals surface area (Å²) in [4.78, 5) is 13.7. The largest absolute Gasteiger partial charge is 0.337 e. The van der Waals surface area contributed by atoms with Crippen molar-refractivity contribution in [3.63, 3.8) is 0 Å². The third-order valence-corrected chi connectivity index (χ3v) is 3.35. The Labute approximate surface area is 73.1 Å². The quantitative estimate of drug-likeness (QED) is 0.555. The summed E-state index contributed by atoms with van der Waals surface area (Å²) in [5.74, 6) is 1.11. The predicted octanol–water partition coefficient (Wildman–Crippen LogP) is 0.0726. The summed E-state index contributed by atoms with van der Waals surface area (Å²) in [7, 11) is 0. The molecule has 0 aliphatic carbocycles. The van der Waals surface area contributed by atoms with E-state index in [4.69, 9.17) is 0 Å². The molecule has 3 atom stereocenters. The highest BCUT2D eigenvalue weighted by Crippen LogP contribution is 2.30. The fourth-order valence-electron chi connectivity index (χ4n) is 2.29. The number of hydrogen-bond donors (Lipinski definition) is 1. The summed E-state index contributed by atoms with van der Waals surface area (Å²) < 4.78 is 0. The second-order valence-electron chi connectivity index (χ2n) is 3.95. The van der Waals surface area contributed by atoms with Crippen molar-refractivity contribution < 1.29 is 4.79 Å². The van der Waals surface area contributed by atoms with Gasteiger partial charge in [-0.25, -0.2) is 0 Å². The number of amides is 1. The van der Waals surface area contributed by atoms with Crippen LogP contribution in [-0.4, -0.2) is 36.5 Å². The zero-order valence-corrected chi connectivity index (χ0v) is 7.71. The summed E-state index contributed by atoms with van der Waals surface area (Å²) in [5.41, 5.74) is 0. The highest BCUT2D eigenvalue weighted by atomic mass is 16.2. The van der Waals surface area contributed by atoms with Crippen LogP contribution in [-0.2, 0) is 4.79 Å². The number of carbonyl (C=O) groups excluding carboxylic acids is 1. The lowest BCUT2D eigenvalue weighted by Crippen LogP contribution is -2.50. The molecule has 2 fully saturated rings. The van der Waals surface area contributed by atoms with Gasteiger partial charge in [0.2, 0.25) is 5.91 Å². The number of fused-ring (bicyclic) bond motifs is 1. The van der Waals surface area contributed by atoms with Crippen molar-refractivity contribution in [2.75, 3.05) is 19.6 Å². The first-order chi connectivity index (χ1) is 5.72. The van der Waals surface area contributed by atoms with E-state index in [2.05, 4.69) is 12.2 Å². The molecule has 2 rings (SSSR count). The van der Waals surface area contributed by atoms with Crippen molar-refractivity contribution in [3.05, 3.63) is 0 Å². The first-order valence-corrected chi connectivity index (χ1v) is 4.73. The standard InChI is InChI=1S/C9H16N2O/c1-6-7(2)9(12)11-4-3-10-5-8(6)11/h6-8,10H,3-5H2,1-2H3. The van der Waals surface area contributed by atoms with Crippen molar-refractivity contribution in [2.24, 2.45) is 11.8 Å². The van der Waals surface area contributed by atoms with Gasteiger partial charge in [0.1, 0.15) is 0 Å². The summed E-state index contributed by atoms with van der Waals surface area (Å²) in [6, 6.07) is 0.459. The van der Waals surface area contributed by atoms with Crippen LogP contribution in [0.25, 0.3) is 0 Å². The van der Waals surface area contributed by atoms with Crippen molar-refractivity contribution >= 4 is 5.91 Å². The Hall–Kier alpha value is -0.570. The second-order valence-corrected chi connectivity index (χ2v) is 3.95. The van der Waals surface area contributed by atoms with E-state index in [1.165, 1.54) is 0 Å². The third kappa shape index (κ3) is 0.959. The van der Waals surface area contributed by atoms with Crippen molar-refractivity contribution in [1.82, 2.24) is 10.2 Å². The van der Waals surface area contributed by atoms with E-state index >= 15 is 0 Å². The van der Waals surface area contributed by atoms with Crippen LogP contribution in [0.5, 0.6) is 0 Å².